The van der Waals surface area contributed by atoms with Crippen LogP contribution in [-0.4, -0.2) is 72.5 Å². The molecule has 1 atom stereocenters. The van der Waals surface area contributed by atoms with Crippen molar-refractivity contribution in [3.05, 3.63) is 17.5 Å². The lowest BCUT2D eigenvalue weighted by molar-refractivity contribution is 0.0703. The molecular formula is C14H22N4O4S. The van der Waals surface area contributed by atoms with Crippen molar-refractivity contribution < 1.29 is 17.9 Å². The van der Waals surface area contributed by atoms with E-state index in [4.69, 9.17) is 9.47 Å². The van der Waals surface area contributed by atoms with Crippen molar-refractivity contribution in [1.82, 2.24) is 18.6 Å². The molecule has 2 saturated heterocycles. The normalized spacial score (nSPS) is 24.0. The Morgan fingerprint density at radius 2 is 1.78 bits per heavy atom. The van der Waals surface area contributed by atoms with Gasteiger partial charge in [-0.05, 0) is 26.3 Å². The van der Waals surface area contributed by atoms with E-state index in [0.29, 0.717) is 51.8 Å². The molecule has 0 aromatic carbocycles. The maximum Gasteiger partial charge on any atom is 0.317 e. The van der Waals surface area contributed by atoms with E-state index in [1.807, 2.05) is 19.9 Å². The van der Waals surface area contributed by atoms with Gasteiger partial charge in [0.1, 0.15) is 6.10 Å². The van der Waals surface area contributed by atoms with Gasteiger partial charge in [-0.2, -0.15) is 17.0 Å². The first kappa shape index (κ1) is 16.6. The van der Waals surface area contributed by atoms with Crippen molar-refractivity contribution in [2.75, 3.05) is 39.4 Å². The summed E-state index contributed by atoms with van der Waals surface area (Å²) in [7, 11) is -3.44. The minimum atomic E-state index is -3.44. The number of nitrogens with zero attached hydrogens (tertiary/aromatic N) is 4. The Balaban J connectivity index is 1.63. The highest BCUT2D eigenvalue weighted by molar-refractivity contribution is 7.86. The van der Waals surface area contributed by atoms with Crippen molar-refractivity contribution >= 4 is 10.2 Å². The van der Waals surface area contributed by atoms with Gasteiger partial charge >= 0.3 is 6.01 Å². The van der Waals surface area contributed by atoms with E-state index in [2.05, 4.69) is 9.97 Å². The lowest BCUT2D eigenvalue weighted by Crippen LogP contribution is -2.48. The van der Waals surface area contributed by atoms with Gasteiger partial charge in [0.25, 0.3) is 10.2 Å². The summed E-state index contributed by atoms with van der Waals surface area (Å²) in [5.74, 6) is 0. The molecule has 23 heavy (non-hydrogen) atoms. The zero-order valence-corrected chi connectivity index (χ0v) is 14.3. The van der Waals surface area contributed by atoms with Crippen LogP contribution >= 0.6 is 0 Å². The summed E-state index contributed by atoms with van der Waals surface area (Å²) in [5.41, 5.74) is 1.67. The fourth-order valence-electron chi connectivity index (χ4n) is 2.84. The van der Waals surface area contributed by atoms with Gasteiger partial charge in [-0.3, -0.25) is 0 Å². The Kier molecular flexibility index (Phi) is 4.81. The molecule has 3 rings (SSSR count). The summed E-state index contributed by atoms with van der Waals surface area (Å²) < 4.78 is 39.2. The van der Waals surface area contributed by atoms with Gasteiger partial charge < -0.3 is 9.47 Å². The standard InChI is InChI=1S/C14H22N4O4S/c1-11-9-12(2)16-14(15-11)22-13-3-4-18(10-13)23(19,20)17-5-7-21-8-6-17/h9,13H,3-8,10H2,1-2H3/t13-/m1/s1. The van der Waals surface area contributed by atoms with Crippen molar-refractivity contribution in [2.45, 2.75) is 26.4 Å². The quantitative estimate of drug-likeness (QED) is 0.773. The second-order valence-corrected chi connectivity index (χ2v) is 7.77. The summed E-state index contributed by atoms with van der Waals surface area (Å²) >= 11 is 0. The molecular weight excluding hydrogens is 320 g/mol. The third kappa shape index (κ3) is 3.79. The minimum absolute atomic E-state index is 0.216. The average Bonchev–Trinajstić information content (AvgIpc) is 2.96. The number of ether oxygens (including phenoxy) is 2. The first-order valence-corrected chi connectivity index (χ1v) is 9.17. The highest BCUT2D eigenvalue weighted by atomic mass is 32.2. The lowest BCUT2D eigenvalue weighted by Gasteiger charge is -2.29. The Morgan fingerprint density at radius 1 is 1.13 bits per heavy atom. The van der Waals surface area contributed by atoms with E-state index >= 15 is 0 Å². The first-order chi connectivity index (χ1) is 10.9. The van der Waals surface area contributed by atoms with Crippen molar-refractivity contribution in [3.8, 4) is 6.01 Å². The van der Waals surface area contributed by atoms with Gasteiger partial charge in [0.2, 0.25) is 0 Å². The third-order valence-electron chi connectivity index (χ3n) is 3.96. The van der Waals surface area contributed by atoms with Crippen LogP contribution in [0, 0.1) is 13.8 Å². The van der Waals surface area contributed by atoms with Crippen LogP contribution in [0.2, 0.25) is 0 Å². The Morgan fingerprint density at radius 3 is 2.43 bits per heavy atom. The van der Waals surface area contributed by atoms with E-state index in [1.165, 1.54) is 8.61 Å². The number of morpholine rings is 1. The monoisotopic (exact) mass is 342 g/mol. The molecule has 0 aliphatic carbocycles. The van der Waals surface area contributed by atoms with Crippen molar-refractivity contribution in [1.29, 1.82) is 0 Å². The van der Waals surface area contributed by atoms with E-state index in [0.717, 1.165) is 11.4 Å². The fourth-order valence-corrected chi connectivity index (χ4v) is 4.47. The first-order valence-electron chi connectivity index (χ1n) is 7.77. The van der Waals surface area contributed by atoms with Crippen LogP contribution in [0.25, 0.3) is 0 Å². The lowest BCUT2D eigenvalue weighted by atomic mass is 10.3. The molecule has 3 heterocycles. The van der Waals surface area contributed by atoms with E-state index in [9.17, 15) is 8.42 Å². The highest BCUT2D eigenvalue weighted by Gasteiger charge is 2.37. The molecule has 2 aliphatic heterocycles. The van der Waals surface area contributed by atoms with Crippen LogP contribution in [0.4, 0.5) is 0 Å². The van der Waals surface area contributed by atoms with Crippen molar-refractivity contribution in [2.24, 2.45) is 0 Å². The molecule has 0 N–H and O–H groups in total. The summed E-state index contributed by atoms with van der Waals surface area (Å²) in [6, 6.07) is 2.19. The summed E-state index contributed by atoms with van der Waals surface area (Å²) in [6.07, 6.45) is 0.423. The Bertz CT molecular complexity index is 640. The topological polar surface area (TPSA) is 84.9 Å². The smallest absolute Gasteiger partial charge is 0.317 e. The second-order valence-electron chi connectivity index (χ2n) is 5.84. The Labute approximate surface area is 136 Å². The average molecular weight is 342 g/mol. The Hall–Kier alpha value is -1.29. The van der Waals surface area contributed by atoms with Gasteiger partial charge in [0.15, 0.2) is 0 Å². The SMILES string of the molecule is Cc1cc(C)nc(O[C@@H]2CCN(S(=O)(=O)N3CCOCC3)C2)n1. The van der Waals surface area contributed by atoms with E-state index in [-0.39, 0.29) is 6.10 Å². The molecule has 9 heteroatoms. The number of rotatable bonds is 4. The molecule has 0 spiro atoms. The molecule has 2 aliphatic rings. The third-order valence-corrected chi connectivity index (χ3v) is 5.97. The molecule has 8 nitrogen and oxygen atoms in total. The maximum absolute atomic E-state index is 12.6. The molecule has 2 fully saturated rings. The van der Waals surface area contributed by atoms with Gasteiger partial charge in [-0.25, -0.2) is 9.97 Å². The highest BCUT2D eigenvalue weighted by Crippen LogP contribution is 2.21. The largest absolute Gasteiger partial charge is 0.459 e. The van der Waals surface area contributed by atoms with Crippen LogP contribution in [0.5, 0.6) is 6.01 Å². The number of hydrogen-bond acceptors (Lipinski definition) is 6. The molecule has 1 aromatic rings. The van der Waals surface area contributed by atoms with Crippen molar-refractivity contribution in [3.63, 3.8) is 0 Å². The zero-order valence-electron chi connectivity index (χ0n) is 13.4. The predicted molar refractivity (Wildman–Crippen MR) is 83.4 cm³/mol. The van der Waals surface area contributed by atoms with Crippen LogP contribution in [0.3, 0.4) is 0 Å². The number of hydrogen-bond donors (Lipinski definition) is 0. The van der Waals surface area contributed by atoms with E-state index < -0.39 is 10.2 Å². The van der Waals surface area contributed by atoms with Crippen LogP contribution in [-0.2, 0) is 14.9 Å². The van der Waals surface area contributed by atoms with E-state index in [1.54, 1.807) is 0 Å². The minimum Gasteiger partial charge on any atom is -0.459 e. The summed E-state index contributed by atoms with van der Waals surface area (Å²) in [6.45, 7) is 6.25. The maximum atomic E-state index is 12.6. The second kappa shape index (κ2) is 6.68. The van der Waals surface area contributed by atoms with Gasteiger partial charge in [0, 0.05) is 31.0 Å². The van der Waals surface area contributed by atoms with Crippen LogP contribution < -0.4 is 4.74 Å². The molecule has 0 bridgehead atoms. The van der Waals surface area contributed by atoms with Crippen LogP contribution in [0.15, 0.2) is 6.07 Å². The number of aromatic nitrogens is 2. The van der Waals surface area contributed by atoms with Crippen LogP contribution in [0.1, 0.15) is 17.8 Å². The summed E-state index contributed by atoms with van der Waals surface area (Å²) in [4.78, 5) is 8.49. The molecule has 0 amide bonds. The molecule has 128 valence electrons. The zero-order chi connectivity index (χ0) is 16.4. The fraction of sp³-hybridized carbons (Fsp3) is 0.714. The predicted octanol–water partition coefficient (Wildman–Crippen LogP) is 0.124. The summed E-state index contributed by atoms with van der Waals surface area (Å²) in [5, 5.41) is 0. The van der Waals surface area contributed by atoms with Gasteiger partial charge in [-0.15, -0.1) is 0 Å². The van der Waals surface area contributed by atoms with Gasteiger partial charge in [-0.1, -0.05) is 0 Å². The molecule has 0 unspecified atom stereocenters. The number of aryl methyl sites for hydroxylation is 2. The van der Waals surface area contributed by atoms with Gasteiger partial charge in [0.05, 0.1) is 19.8 Å². The molecule has 0 saturated carbocycles. The molecule has 1 aromatic heterocycles. The molecule has 0 radical (unpaired) electrons.